The van der Waals surface area contributed by atoms with Gasteiger partial charge in [0, 0.05) is 5.41 Å². The third-order valence-corrected chi connectivity index (χ3v) is 3.03. The lowest BCUT2D eigenvalue weighted by atomic mass is 9.77. The molecule has 106 valence electrons. The van der Waals surface area contributed by atoms with Gasteiger partial charge in [0.05, 0.1) is 5.56 Å². The molecule has 0 amide bonds. The van der Waals surface area contributed by atoms with Gasteiger partial charge in [-0.1, -0.05) is 19.9 Å². The largest absolute Gasteiger partial charge is 0.480 e. The molecule has 1 aromatic rings. The fraction of sp³-hybridized carbons (Fsp3) is 0.417. The van der Waals surface area contributed by atoms with Crippen molar-refractivity contribution in [3.63, 3.8) is 0 Å². The zero-order valence-corrected chi connectivity index (χ0v) is 10.3. The summed E-state index contributed by atoms with van der Waals surface area (Å²) in [4.78, 5) is 10.8. The summed E-state index contributed by atoms with van der Waals surface area (Å²) < 4.78 is 50.9. The lowest BCUT2D eigenvalue weighted by Crippen LogP contribution is -2.47. The number of rotatable bonds is 3. The molecule has 0 aliphatic heterocycles. The van der Waals surface area contributed by atoms with E-state index in [4.69, 9.17) is 10.8 Å². The molecular formula is C12H13F4NO2. The van der Waals surface area contributed by atoms with Crippen LogP contribution in [0.25, 0.3) is 0 Å². The van der Waals surface area contributed by atoms with E-state index < -0.39 is 35.0 Å². The number of benzene rings is 1. The van der Waals surface area contributed by atoms with Crippen molar-refractivity contribution >= 4 is 5.97 Å². The van der Waals surface area contributed by atoms with Crippen molar-refractivity contribution in [1.29, 1.82) is 0 Å². The number of carboxylic acids is 1. The second-order valence-electron chi connectivity index (χ2n) is 4.73. The highest BCUT2D eigenvalue weighted by atomic mass is 19.4. The molecule has 0 fully saturated rings. The molecular weight excluding hydrogens is 266 g/mol. The molecule has 1 rings (SSSR count). The molecule has 7 heteroatoms. The molecule has 0 saturated heterocycles. The van der Waals surface area contributed by atoms with E-state index in [2.05, 4.69) is 0 Å². The van der Waals surface area contributed by atoms with Crippen LogP contribution in [0, 0.1) is 5.82 Å². The van der Waals surface area contributed by atoms with Crippen molar-refractivity contribution < 1.29 is 27.5 Å². The third-order valence-electron chi connectivity index (χ3n) is 3.03. The number of nitrogens with two attached hydrogens (primary N) is 1. The van der Waals surface area contributed by atoms with Gasteiger partial charge < -0.3 is 10.8 Å². The second kappa shape index (κ2) is 4.80. The molecule has 3 N–H and O–H groups in total. The Kier molecular flexibility index (Phi) is 3.90. The Bertz CT molecular complexity index is 497. The summed E-state index contributed by atoms with van der Waals surface area (Å²) in [5.74, 6) is -2.49. The Morgan fingerprint density at radius 3 is 2.21 bits per heavy atom. The summed E-state index contributed by atoms with van der Waals surface area (Å²) in [6, 6.07) is 0.528. The molecule has 0 heterocycles. The van der Waals surface area contributed by atoms with Crippen molar-refractivity contribution in [1.82, 2.24) is 0 Å². The Morgan fingerprint density at radius 1 is 1.32 bits per heavy atom. The van der Waals surface area contributed by atoms with Gasteiger partial charge in [0.15, 0.2) is 0 Å². The summed E-state index contributed by atoms with van der Waals surface area (Å²) in [7, 11) is 0. The molecule has 0 aromatic heterocycles. The van der Waals surface area contributed by atoms with E-state index in [1.54, 1.807) is 0 Å². The van der Waals surface area contributed by atoms with E-state index in [0.29, 0.717) is 12.1 Å². The lowest BCUT2D eigenvalue weighted by molar-refractivity contribution is -0.140. The van der Waals surface area contributed by atoms with Gasteiger partial charge >= 0.3 is 12.1 Å². The first-order chi connectivity index (χ1) is 8.48. The molecule has 1 unspecified atom stereocenters. The zero-order chi connectivity index (χ0) is 15.0. The van der Waals surface area contributed by atoms with Gasteiger partial charge in [-0.25, -0.2) is 4.39 Å². The van der Waals surface area contributed by atoms with E-state index in [0.717, 1.165) is 6.07 Å². The lowest BCUT2D eigenvalue weighted by Gasteiger charge is -2.29. The summed E-state index contributed by atoms with van der Waals surface area (Å²) in [6.07, 6.45) is -4.65. The van der Waals surface area contributed by atoms with Gasteiger partial charge in [0.1, 0.15) is 11.9 Å². The van der Waals surface area contributed by atoms with E-state index >= 15 is 0 Å². The second-order valence-corrected chi connectivity index (χ2v) is 4.73. The molecule has 0 aliphatic carbocycles. The highest BCUT2D eigenvalue weighted by Gasteiger charge is 2.37. The number of hydrogen-bond donors (Lipinski definition) is 2. The van der Waals surface area contributed by atoms with Gasteiger partial charge in [-0.3, -0.25) is 4.79 Å². The van der Waals surface area contributed by atoms with Crippen molar-refractivity contribution in [2.75, 3.05) is 0 Å². The molecule has 0 saturated carbocycles. The first kappa shape index (κ1) is 15.4. The molecule has 19 heavy (non-hydrogen) atoms. The number of carboxylic acid groups (broad SMARTS) is 1. The molecule has 3 nitrogen and oxygen atoms in total. The van der Waals surface area contributed by atoms with E-state index in [1.807, 2.05) is 0 Å². The maximum Gasteiger partial charge on any atom is 0.416 e. The maximum atomic E-state index is 13.8. The summed E-state index contributed by atoms with van der Waals surface area (Å²) >= 11 is 0. The smallest absolute Gasteiger partial charge is 0.416 e. The predicted molar refractivity (Wildman–Crippen MR) is 60.0 cm³/mol. The van der Waals surface area contributed by atoms with Crippen LogP contribution in [0.1, 0.15) is 25.0 Å². The average Bonchev–Trinajstić information content (AvgIpc) is 2.26. The van der Waals surface area contributed by atoms with Crippen molar-refractivity contribution in [2.45, 2.75) is 31.5 Å². The number of halogens is 4. The van der Waals surface area contributed by atoms with E-state index in [9.17, 15) is 22.4 Å². The fourth-order valence-electron chi connectivity index (χ4n) is 1.69. The molecule has 1 aromatic carbocycles. The fourth-order valence-corrected chi connectivity index (χ4v) is 1.69. The first-order valence-corrected chi connectivity index (χ1v) is 5.33. The van der Waals surface area contributed by atoms with Crippen LogP contribution in [0.4, 0.5) is 17.6 Å². The molecule has 0 bridgehead atoms. The van der Waals surface area contributed by atoms with E-state index in [1.165, 1.54) is 13.8 Å². The van der Waals surface area contributed by atoms with Crippen molar-refractivity contribution in [3.05, 3.63) is 35.1 Å². The summed E-state index contributed by atoms with van der Waals surface area (Å²) in [5, 5.41) is 8.83. The van der Waals surface area contributed by atoms with Crippen LogP contribution in [0.3, 0.4) is 0 Å². The van der Waals surface area contributed by atoms with Crippen LogP contribution in [0.15, 0.2) is 18.2 Å². The number of carbonyl (C=O) groups is 1. The van der Waals surface area contributed by atoms with E-state index in [-0.39, 0.29) is 5.56 Å². The van der Waals surface area contributed by atoms with Crippen molar-refractivity contribution in [3.8, 4) is 0 Å². The quantitative estimate of drug-likeness (QED) is 0.836. The Balaban J connectivity index is 3.27. The maximum absolute atomic E-state index is 13.8. The van der Waals surface area contributed by atoms with Gasteiger partial charge in [-0.15, -0.1) is 0 Å². The minimum absolute atomic E-state index is 0.171. The normalized spacial score (nSPS) is 14.3. The monoisotopic (exact) mass is 279 g/mol. The van der Waals surface area contributed by atoms with Gasteiger partial charge in [0.2, 0.25) is 0 Å². The summed E-state index contributed by atoms with van der Waals surface area (Å²) in [6.45, 7) is 2.72. The average molecular weight is 279 g/mol. The number of aliphatic carboxylic acids is 1. The van der Waals surface area contributed by atoms with Gasteiger partial charge in [0.25, 0.3) is 0 Å². The zero-order valence-electron chi connectivity index (χ0n) is 10.3. The minimum Gasteiger partial charge on any atom is -0.480 e. The highest BCUT2D eigenvalue weighted by molar-refractivity contribution is 5.75. The molecule has 1 atom stereocenters. The van der Waals surface area contributed by atoms with Crippen LogP contribution < -0.4 is 5.73 Å². The molecule has 0 radical (unpaired) electrons. The Morgan fingerprint density at radius 2 is 1.84 bits per heavy atom. The highest BCUT2D eigenvalue weighted by Crippen LogP contribution is 2.34. The van der Waals surface area contributed by atoms with Crippen LogP contribution >= 0.6 is 0 Å². The van der Waals surface area contributed by atoms with Crippen LogP contribution in [0.5, 0.6) is 0 Å². The predicted octanol–water partition coefficient (Wildman–Crippen LogP) is 2.53. The van der Waals surface area contributed by atoms with Crippen LogP contribution in [-0.2, 0) is 16.4 Å². The topological polar surface area (TPSA) is 63.3 Å². The first-order valence-electron chi connectivity index (χ1n) is 5.33. The van der Waals surface area contributed by atoms with Crippen LogP contribution in [0.2, 0.25) is 0 Å². The third kappa shape index (κ3) is 3.04. The Hall–Kier alpha value is -1.63. The number of alkyl halides is 3. The standard InChI is InChI=1S/C12H13F4NO2/c1-11(2,9(17)10(18)19)7-4-3-6(5-8(7)13)12(14,15)16/h3-5,9H,17H2,1-2H3,(H,18,19). The van der Waals surface area contributed by atoms with Gasteiger partial charge in [-0.05, 0) is 17.7 Å². The molecule has 0 spiro atoms. The number of hydrogen-bond acceptors (Lipinski definition) is 2. The molecule has 0 aliphatic rings. The Labute approximate surface area is 107 Å². The minimum atomic E-state index is -4.65. The van der Waals surface area contributed by atoms with Gasteiger partial charge in [-0.2, -0.15) is 13.2 Å². The van der Waals surface area contributed by atoms with Crippen LogP contribution in [-0.4, -0.2) is 17.1 Å². The summed E-state index contributed by atoms with van der Waals surface area (Å²) in [5.41, 5.74) is 2.80. The SMILES string of the molecule is CC(C)(c1ccc(C(F)(F)F)cc1F)C(N)C(=O)O. The van der Waals surface area contributed by atoms with Crippen molar-refractivity contribution in [2.24, 2.45) is 5.73 Å².